The molecule has 1 heterocycles. The molecule has 1 amide bonds. The lowest BCUT2D eigenvalue weighted by Gasteiger charge is -2.06. The largest absolute Gasteiger partial charge is 0.484 e. The Balaban J connectivity index is 1.56. The molecule has 11 nitrogen and oxygen atoms in total. The molecule has 0 radical (unpaired) electrons. The number of carbonyl (C=O) groups is 1. The summed E-state index contributed by atoms with van der Waals surface area (Å²) >= 11 is 0. The average molecular weight is 381 g/mol. The fraction of sp³-hybridized carbons (Fsp3) is 0.118. The van der Waals surface area contributed by atoms with Crippen LogP contribution in [0.1, 0.15) is 12.5 Å². The van der Waals surface area contributed by atoms with Gasteiger partial charge in [0.25, 0.3) is 11.6 Å². The summed E-state index contributed by atoms with van der Waals surface area (Å²) in [6.45, 7) is 1.47. The highest BCUT2D eigenvalue weighted by Gasteiger charge is 2.07. The molecule has 0 aliphatic heterocycles. The van der Waals surface area contributed by atoms with Crippen LogP contribution in [0.4, 0.5) is 5.69 Å². The van der Waals surface area contributed by atoms with Crippen LogP contribution in [0.25, 0.3) is 5.69 Å². The molecule has 0 saturated heterocycles. The number of carbonyl (C=O) groups excluding carboxylic acids is 1. The first-order valence-corrected chi connectivity index (χ1v) is 8.07. The van der Waals surface area contributed by atoms with Crippen molar-refractivity contribution >= 4 is 17.3 Å². The average Bonchev–Trinajstić information content (AvgIpc) is 3.26. The zero-order chi connectivity index (χ0) is 19.9. The number of benzene rings is 2. The molecule has 0 spiro atoms. The van der Waals surface area contributed by atoms with E-state index in [1.807, 2.05) is 24.3 Å². The zero-order valence-electron chi connectivity index (χ0n) is 14.7. The van der Waals surface area contributed by atoms with Crippen molar-refractivity contribution < 1.29 is 14.5 Å². The lowest BCUT2D eigenvalue weighted by molar-refractivity contribution is -0.384. The van der Waals surface area contributed by atoms with E-state index in [1.165, 1.54) is 35.3 Å². The fourth-order valence-electron chi connectivity index (χ4n) is 2.21. The Morgan fingerprint density at radius 3 is 2.75 bits per heavy atom. The minimum absolute atomic E-state index is 0.0547. The zero-order valence-corrected chi connectivity index (χ0v) is 14.7. The van der Waals surface area contributed by atoms with Crippen molar-refractivity contribution in [2.75, 3.05) is 6.61 Å². The molecule has 0 atom stereocenters. The summed E-state index contributed by atoms with van der Waals surface area (Å²) in [6.07, 6.45) is 1.48. The van der Waals surface area contributed by atoms with Crippen molar-refractivity contribution in [3.63, 3.8) is 0 Å². The minimum Gasteiger partial charge on any atom is -0.484 e. The Hall–Kier alpha value is -4.15. The number of nitrogens with zero attached hydrogens (tertiary/aromatic N) is 6. The monoisotopic (exact) mass is 381 g/mol. The molecule has 2 aromatic carbocycles. The van der Waals surface area contributed by atoms with Gasteiger partial charge in [0.05, 0.1) is 16.3 Å². The van der Waals surface area contributed by atoms with Crippen molar-refractivity contribution in [3.8, 4) is 11.4 Å². The molecule has 0 aliphatic rings. The summed E-state index contributed by atoms with van der Waals surface area (Å²) in [5.41, 5.74) is 4.47. The molecule has 0 bridgehead atoms. The van der Waals surface area contributed by atoms with Crippen LogP contribution in [-0.2, 0) is 4.79 Å². The van der Waals surface area contributed by atoms with Crippen LogP contribution >= 0.6 is 0 Å². The number of amides is 1. The summed E-state index contributed by atoms with van der Waals surface area (Å²) in [5.74, 6) is -0.120. The lowest BCUT2D eigenvalue weighted by Crippen LogP contribution is -2.25. The molecular formula is C17H15N7O4. The predicted molar refractivity (Wildman–Crippen MR) is 98.1 cm³/mol. The van der Waals surface area contributed by atoms with Crippen LogP contribution in [0.2, 0.25) is 0 Å². The van der Waals surface area contributed by atoms with Crippen molar-refractivity contribution in [1.29, 1.82) is 0 Å². The first-order chi connectivity index (χ1) is 13.5. The van der Waals surface area contributed by atoms with E-state index in [-0.39, 0.29) is 12.3 Å². The number of nitrogens with one attached hydrogen (secondary N) is 1. The maximum Gasteiger partial charge on any atom is 0.277 e. The molecule has 28 heavy (non-hydrogen) atoms. The molecular weight excluding hydrogens is 366 g/mol. The third-order valence-electron chi connectivity index (χ3n) is 3.64. The van der Waals surface area contributed by atoms with Gasteiger partial charge in [-0.3, -0.25) is 14.9 Å². The van der Waals surface area contributed by atoms with Crippen LogP contribution in [0.3, 0.4) is 0 Å². The summed E-state index contributed by atoms with van der Waals surface area (Å²) in [4.78, 5) is 22.0. The number of rotatable bonds is 7. The van der Waals surface area contributed by atoms with Gasteiger partial charge >= 0.3 is 0 Å². The quantitative estimate of drug-likeness (QED) is 0.372. The molecule has 0 aliphatic carbocycles. The van der Waals surface area contributed by atoms with Crippen LogP contribution in [0, 0.1) is 10.1 Å². The molecule has 142 valence electrons. The van der Waals surface area contributed by atoms with Crippen molar-refractivity contribution in [1.82, 2.24) is 25.6 Å². The van der Waals surface area contributed by atoms with Crippen LogP contribution in [0.15, 0.2) is 60.0 Å². The van der Waals surface area contributed by atoms with E-state index < -0.39 is 10.8 Å². The second-order valence-electron chi connectivity index (χ2n) is 5.58. The second kappa shape index (κ2) is 8.49. The number of non-ortho nitro benzene ring substituents is 1. The number of nitro benzene ring substituents is 1. The second-order valence-corrected chi connectivity index (χ2v) is 5.58. The van der Waals surface area contributed by atoms with Crippen LogP contribution in [0.5, 0.6) is 5.75 Å². The third kappa shape index (κ3) is 4.72. The van der Waals surface area contributed by atoms with Crippen LogP contribution < -0.4 is 10.2 Å². The van der Waals surface area contributed by atoms with Gasteiger partial charge in [-0.25, -0.2) is 10.1 Å². The van der Waals surface area contributed by atoms with E-state index in [0.29, 0.717) is 11.5 Å². The van der Waals surface area contributed by atoms with E-state index in [2.05, 4.69) is 26.1 Å². The van der Waals surface area contributed by atoms with E-state index >= 15 is 0 Å². The van der Waals surface area contributed by atoms with Gasteiger partial charge in [0.2, 0.25) is 0 Å². The maximum absolute atomic E-state index is 11.9. The third-order valence-corrected chi connectivity index (χ3v) is 3.64. The molecule has 3 rings (SSSR count). The molecule has 11 heteroatoms. The summed E-state index contributed by atoms with van der Waals surface area (Å²) < 4.78 is 6.79. The highest BCUT2D eigenvalue weighted by atomic mass is 16.6. The van der Waals surface area contributed by atoms with E-state index in [4.69, 9.17) is 4.74 Å². The van der Waals surface area contributed by atoms with E-state index in [1.54, 1.807) is 6.92 Å². The number of tetrazole rings is 1. The summed E-state index contributed by atoms with van der Waals surface area (Å²) in [7, 11) is 0. The van der Waals surface area contributed by atoms with Gasteiger partial charge < -0.3 is 4.74 Å². The fourth-order valence-corrected chi connectivity index (χ4v) is 2.21. The van der Waals surface area contributed by atoms with Crippen molar-refractivity contribution in [2.45, 2.75) is 6.92 Å². The number of hydrogen-bond donors (Lipinski definition) is 1. The highest BCUT2D eigenvalue weighted by Crippen LogP contribution is 2.17. The topological polar surface area (TPSA) is 137 Å². The van der Waals surface area contributed by atoms with Gasteiger partial charge in [0.15, 0.2) is 6.61 Å². The Morgan fingerprint density at radius 2 is 2.07 bits per heavy atom. The number of hydrazone groups is 1. The van der Waals surface area contributed by atoms with Gasteiger partial charge in [-0.2, -0.15) is 5.10 Å². The molecule has 0 saturated carbocycles. The molecule has 1 aromatic heterocycles. The standard InChI is InChI=1S/C17H15N7O4/c1-12(13-3-2-4-15(9-13)23-11-18-21-22-23)19-20-17(25)10-28-16-7-5-14(6-8-16)24(26)27/h2-9,11H,10H2,1H3,(H,20,25)/b19-12+. The first kappa shape index (κ1) is 18.6. The number of nitro groups is 1. The van der Waals surface area contributed by atoms with Gasteiger partial charge in [-0.15, -0.1) is 5.10 Å². The smallest absolute Gasteiger partial charge is 0.277 e. The van der Waals surface area contributed by atoms with E-state index in [9.17, 15) is 14.9 Å². The normalized spacial score (nSPS) is 11.1. The number of hydrogen-bond acceptors (Lipinski definition) is 8. The van der Waals surface area contributed by atoms with Gasteiger partial charge in [-0.1, -0.05) is 12.1 Å². The Morgan fingerprint density at radius 1 is 1.29 bits per heavy atom. The maximum atomic E-state index is 11.9. The van der Waals surface area contributed by atoms with Crippen LogP contribution in [-0.4, -0.2) is 43.4 Å². The highest BCUT2D eigenvalue weighted by molar-refractivity contribution is 5.99. The Bertz CT molecular complexity index is 1000. The Labute approximate surface area is 158 Å². The Kier molecular flexibility index (Phi) is 5.65. The summed E-state index contributed by atoms with van der Waals surface area (Å²) in [5, 5.41) is 25.7. The van der Waals surface area contributed by atoms with E-state index in [0.717, 1.165) is 11.3 Å². The van der Waals surface area contributed by atoms with Gasteiger partial charge in [-0.05, 0) is 47.2 Å². The number of aromatic nitrogens is 4. The van der Waals surface area contributed by atoms with Gasteiger partial charge in [0, 0.05) is 12.1 Å². The SMILES string of the molecule is C/C(=N\NC(=O)COc1ccc([N+](=O)[O-])cc1)c1cccc(-n2cnnn2)c1. The molecule has 1 N–H and O–H groups in total. The minimum atomic E-state index is -0.512. The van der Waals surface area contributed by atoms with Crippen molar-refractivity contribution in [2.24, 2.45) is 5.10 Å². The molecule has 0 fully saturated rings. The summed E-state index contributed by atoms with van der Waals surface area (Å²) in [6, 6.07) is 12.8. The lowest BCUT2D eigenvalue weighted by atomic mass is 10.1. The first-order valence-electron chi connectivity index (χ1n) is 8.07. The van der Waals surface area contributed by atoms with Crippen molar-refractivity contribution in [3.05, 3.63) is 70.5 Å². The molecule has 0 unspecified atom stereocenters. The van der Waals surface area contributed by atoms with Gasteiger partial charge in [0.1, 0.15) is 12.1 Å². The number of ether oxygens (including phenoxy) is 1. The predicted octanol–water partition coefficient (Wildman–Crippen LogP) is 1.49. The molecule has 3 aromatic rings.